The maximum absolute atomic E-state index is 4.91. The van der Waals surface area contributed by atoms with Crippen molar-refractivity contribution in [3.05, 3.63) is 103 Å². The highest BCUT2D eigenvalue weighted by Crippen LogP contribution is 2.42. The Morgan fingerprint density at radius 1 is 0.656 bits per heavy atom. The molecule has 150 valence electrons. The molecule has 0 aliphatic heterocycles. The number of para-hydroxylation sites is 1. The van der Waals surface area contributed by atoms with E-state index in [0.29, 0.717) is 0 Å². The van der Waals surface area contributed by atoms with Gasteiger partial charge in [0.05, 0.1) is 21.3 Å². The number of hydrogen-bond acceptors (Lipinski definition) is 3. The average Bonchev–Trinajstić information content (AvgIpc) is 3.40. The Balaban J connectivity index is 1.70. The van der Waals surface area contributed by atoms with E-state index in [2.05, 4.69) is 83.4 Å². The molecule has 0 radical (unpaired) electrons. The van der Waals surface area contributed by atoms with Gasteiger partial charge in [-0.15, -0.1) is 11.3 Å². The molecule has 4 heteroatoms. The lowest BCUT2D eigenvalue weighted by molar-refractivity contribution is 1.09. The van der Waals surface area contributed by atoms with Gasteiger partial charge in [-0.3, -0.25) is 9.55 Å². The molecule has 0 spiro atoms. The highest BCUT2D eigenvalue weighted by molar-refractivity contribution is 7.26. The molecular formula is C28H17N3S. The van der Waals surface area contributed by atoms with Gasteiger partial charge in [-0.1, -0.05) is 66.7 Å². The van der Waals surface area contributed by atoms with Gasteiger partial charge in [0.25, 0.3) is 0 Å². The van der Waals surface area contributed by atoms with E-state index in [4.69, 9.17) is 9.97 Å². The van der Waals surface area contributed by atoms with E-state index in [-0.39, 0.29) is 0 Å². The van der Waals surface area contributed by atoms with Crippen LogP contribution in [0.2, 0.25) is 0 Å². The van der Waals surface area contributed by atoms with Gasteiger partial charge in [-0.25, -0.2) is 4.98 Å². The Labute approximate surface area is 188 Å². The largest absolute Gasteiger partial charge is 0.292 e. The summed E-state index contributed by atoms with van der Waals surface area (Å²) in [5.74, 6) is 0.940. The van der Waals surface area contributed by atoms with Gasteiger partial charge in [0.1, 0.15) is 5.82 Å². The Kier molecular flexibility index (Phi) is 3.72. The van der Waals surface area contributed by atoms with Crippen LogP contribution in [-0.2, 0) is 0 Å². The number of aromatic nitrogens is 3. The lowest BCUT2D eigenvalue weighted by atomic mass is 10.1. The van der Waals surface area contributed by atoms with Crippen molar-refractivity contribution in [3.63, 3.8) is 0 Å². The molecule has 0 aliphatic rings. The topological polar surface area (TPSA) is 30.7 Å². The van der Waals surface area contributed by atoms with Crippen LogP contribution in [0.3, 0.4) is 0 Å². The van der Waals surface area contributed by atoms with E-state index >= 15 is 0 Å². The van der Waals surface area contributed by atoms with Crippen molar-refractivity contribution < 1.29 is 0 Å². The van der Waals surface area contributed by atoms with E-state index in [0.717, 1.165) is 33.4 Å². The fraction of sp³-hybridized carbons (Fsp3) is 0. The molecule has 0 unspecified atom stereocenters. The minimum Gasteiger partial charge on any atom is -0.292 e. The fourth-order valence-electron chi connectivity index (χ4n) is 4.71. The Bertz CT molecular complexity index is 1780. The summed E-state index contributed by atoms with van der Waals surface area (Å²) in [5.41, 5.74) is 5.64. The van der Waals surface area contributed by atoms with E-state index in [1.807, 2.05) is 24.5 Å². The van der Waals surface area contributed by atoms with Crippen LogP contribution in [0.4, 0.5) is 0 Å². The summed E-state index contributed by atoms with van der Waals surface area (Å²) in [6.07, 6.45) is 3.91. The smallest absolute Gasteiger partial charge is 0.145 e. The normalized spacial score (nSPS) is 11.8. The molecule has 7 rings (SSSR count). The molecule has 0 saturated carbocycles. The molecule has 0 fully saturated rings. The van der Waals surface area contributed by atoms with Gasteiger partial charge in [0, 0.05) is 38.8 Å². The van der Waals surface area contributed by atoms with Gasteiger partial charge >= 0.3 is 0 Å². The summed E-state index contributed by atoms with van der Waals surface area (Å²) < 4.78 is 4.78. The second-order valence-corrected chi connectivity index (χ2v) is 8.94. The van der Waals surface area contributed by atoms with Crippen molar-refractivity contribution in [1.82, 2.24) is 14.5 Å². The van der Waals surface area contributed by atoms with Gasteiger partial charge in [0.2, 0.25) is 0 Å². The molecule has 4 heterocycles. The first kappa shape index (κ1) is 17.6. The Hall–Kier alpha value is -4.02. The number of fused-ring (bicyclic) bond motifs is 7. The minimum atomic E-state index is 0.940. The van der Waals surface area contributed by atoms with E-state index in [1.54, 1.807) is 11.3 Å². The van der Waals surface area contributed by atoms with E-state index < -0.39 is 0 Å². The number of thiophene rings is 1. The predicted molar refractivity (Wildman–Crippen MR) is 135 cm³/mol. The molecule has 0 saturated heterocycles. The van der Waals surface area contributed by atoms with Crippen LogP contribution in [0.25, 0.3) is 59.1 Å². The first-order valence-corrected chi connectivity index (χ1v) is 11.4. The third-order valence-corrected chi connectivity index (χ3v) is 7.27. The van der Waals surface area contributed by atoms with Gasteiger partial charge < -0.3 is 0 Å². The molecule has 4 aromatic heterocycles. The second-order valence-electron chi connectivity index (χ2n) is 7.89. The van der Waals surface area contributed by atoms with Gasteiger partial charge in [-0.2, -0.15) is 0 Å². The van der Waals surface area contributed by atoms with Crippen LogP contribution in [-0.4, -0.2) is 14.5 Å². The van der Waals surface area contributed by atoms with Crippen LogP contribution in [0.15, 0.2) is 103 Å². The first-order valence-electron chi connectivity index (χ1n) is 10.6. The second kappa shape index (κ2) is 6.74. The van der Waals surface area contributed by atoms with Crippen molar-refractivity contribution in [2.24, 2.45) is 0 Å². The van der Waals surface area contributed by atoms with Crippen LogP contribution < -0.4 is 0 Å². The third-order valence-electron chi connectivity index (χ3n) is 6.10. The van der Waals surface area contributed by atoms with Crippen LogP contribution in [0.1, 0.15) is 0 Å². The lowest BCUT2D eigenvalue weighted by Crippen LogP contribution is -2.00. The summed E-state index contributed by atoms with van der Waals surface area (Å²) in [7, 11) is 0. The molecular weight excluding hydrogens is 410 g/mol. The molecule has 32 heavy (non-hydrogen) atoms. The van der Waals surface area contributed by atoms with E-state index in [1.165, 1.54) is 25.7 Å². The summed E-state index contributed by atoms with van der Waals surface area (Å²) >= 11 is 1.81. The SMILES string of the molecule is c1ccc(-c2cccnc2-n2c3ccccc3c3cnc4c5ccccc5sc4c32)cc1. The predicted octanol–water partition coefficient (Wildman–Crippen LogP) is 7.61. The maximum atomic E-state index is 4.91. The number of nitrogens with zero attached hydrogens (tertiary/aromatic N) is 3. The Morgan fingerprint density at radius 3 is 2.34 bits per heavy atom. The van der Waals surface area contributed by atoms with Crippen LogP contribution in [0, 0.1) is 0 Å². The summed E-state index contributed by atoms with van der Waals surface area (Å²) in [6.45, 7) is 0. The quantitative estimate of drug-likeness (QED) is 0.284. The maximum Gasteiger partial charge on any atom is 0.145 e. The monoisotopic (exact) mass is 427 g/mol. The fourth-order valence-corrected chi connectivity index (χ4v) is 5.91. The van der Waals surface area contributed by atoms with Crippen molar-refractivity contribution in [2.45, 2.75) is 0 Å². The molecule has 0 N–H and O–H groups in total. The van der Waals surface area contributed by atoms with Gasteiger partial charge in [0.15, 0.2) is 0 Å². The molecule has 0 aliphatic carbocycles. The highest BCUT2D eigenvalue weighted by Gasteiger charge is 2.20. The summed E-state index contributed by atoms with van der Waals surface area (Å²) in [4.78, 5) is 9.82. The highest BCUT2D eigenvalue weighted by atomic mass is 32.1. The molecule has 3 aromatic carbocycles. The first-order chi connectivity index (χ1) is 15.9. The molecule has 0 atom stereocenters. The van der Waals surface area contributed by atoms with E-state index in [9.17, 15) is 0 Å². The number of hydrogen-bond donors (Lipinski definition) is 0. The lowest BCUT2D eigenvalue weighted by Gasteiger charge is -2.12. The molecule has 0 bridgehead atoms. The van der Waals surface area contributed by atoms with Crippen LogP contribution in [0.5, 0.6) is 0 Å². The molecule has 3 nitrogen and oxygen atoms in total. The molecule has 0 amide bonds. The van der Waals surface area contributed by atoms with Gasteiger partial charge in [-0.05, 0) is 29.8 Å². The third kappa shape index (κ3) is 2.41. The standard InChI is InChI=1S/C28H17N3S/c1-2-9-18(10-3-1)19-13-8-16-29-28(19)31-23-14-6-4-11-20(23)22-17-30-25-21-12-5-7-15-24(21)32-27(25)26(22)31/h1-17H. The van der Waals surface area contributed by atoms with Crippen LogP contribution >= 0.6 is 11.3 Å². The zero-order valence-electron chi connectivity index (χ0n) is 17.1. The summed E-state index contributed by atoms with van der Waals surface area (Å²) in [6, 6.07) is 31.7. The van der Waals surface area contributed by atoms with Crippen molar-refractivity contribution in [3.8, 4) is 16.9 Å². The molecule has 7 aromatic rings. The number of pyridine rings is 2. The zero-order valence-corrected chi connectivity index (χ0v) is 17.9. The van der Waals surface area contributed by atoms with Crippen molar-refractivity contribution in [1.29, 1.82) is 0 Å². The summed E-state index contributed by atoms with van der Waals surface area (Å²) in [5, 5.41) is 3.55. The number of benzene rings is 3. The average molecular weight is 428 g/mol. The zero-order chi connectivity index (χ0) is 21.1. The van der Waals surface area contributed by atoms with Crippen molar-refractivity contribution >= 4 is 53.4 Å². The number of rotatable bonds is 2. The Morgan fingerprint density at radius 2 is 1.44 bits per heavy atom. The minimum absolute atomic E-state index is 0.940. The van der Waals surface area contributed by atoms with Crippen molar-refractivity contribution in [2.75, 3.05) is 0 Å².